The van der Waals surface area contributed by atoms with Crippen molar-refractivity contribution in [2.75, 3.05) is 19.6 Å². The predicted molar refractivity (Wildman–Crippen MR) is 224 cm³/mol. The quantitative estimate of drug-likeness (QED) is 0.256. The molecule has 1 N–H and O–H groups in total. The van der Waals surface area contributed by atoms with Gasteiger partial charge in [-0.05, 0) is 153 Å². The van der Waals surface area contributed by atoms with E-state index in [4.69, 9.17) is 9.97 Å². The molecule has 0 unspecified atom stereocenters. The zero-order valence-electron chi connectivity index (χ0n) is 35.1. The van der Waals surface area contributed by atoms with Crippen LogP contribution in [0.4, 0.5) is 0 Å². The van der Waals surface area contributed by atoms with Crippen LogP contribution in [-0.4, -0.2) is 40.4 Å². The van der Waals surface area contributed by atoms with Crippen LogP contribution in [0.2, 0.25) is 0 Å². The zero-order chi connectivity index (χ0) is 38.4. The molecule has 4 fully saturated rings. The minimum atomic E-state index is -0.275. The standard InChI is InChI=1S/C50H68N4O/c1-33-19-25-50(45(55)51-28-21-35-22-29-54(30-23-35)32-36-13-9-8-10-14-36)27-26-48(6)37(43(50)34(33)2)17-18-42-47(5)31-40-44(53-39-16-12-11-15-38(39)52-40)46(3,4)41(47)20-24-49(42,48)7/h8-17,33-35,41-43H,18-32H2,1-7H3,(H,51,55)/t33-,34+,41+,42-,43+,47+,48-,49-,50+/m1/s1. The third kappa shape index (κ3) is 5.73. The second kappa shape index (κ2) is 13.5. The average molecular weight is 741 g/mol. The second-order valence-electron chi connectivity index (χ2n) is 21.0. The van der Waals surface area contributed by atoms with Crippen molar-refractivity contribution < 1.29 is 4.79 Å². The maximum absolute atomic E-state index is 14.8. The van der Waals surface area contributed by atoms with Gasteiger partial charge in [-0.3, -0.25) is 9.69 Å². The first-order valence-electron chi connectivity index (χ1n) is 22.3. The molecule has 3 saturated carbocycles. The van der Waals surface area contributed by atoms with Gasteiger partial charge in [0, 0.05) is 18.5 Å². The molecule has 9 rings (SSSR count). The molecule has 9 atom stereocenters. The van der Waals surface area contributed by atoms with Crippen molar-refractivity contribution in [3.63, 3.8) is 0 Å². The third-order valence-corrected chi connectivity index (χ3v) is 18.2. The molecule has 0 radical (unpaired) electrons. The molecule has 5 nitrogen and oxygen atoms in total. The normalized spacial score (nSPS) is 38.5. The van der Waals surface area contributed by atoms with Gasteiger partial charge in [0.25, 0.3) is 0 Å². The molecular weight excluding hydrogens is 673 g/mol. The van der Waals surface area contributed by atoms with Gasteiger partial charge in [-0.1, -0.05) is 103 Å². The summed E-state index contributed by atoms with van der Waals surface area (Å²) in [5.41, 5.74) is 7.72. The Bertz CT molecular complexity index is 1960. The summed E-state index contributed by atoms with van der Waals surface area (Å²) in [6.07, 6.45) is 15.3. The van der Waals surface area contributed by atoms with Gasteiger partial charge >= 0.3 is 0 Å². The van der Waals surface area contributed by atoms with Gasteiger partial charge in [0.15, 0.2) is 0 Å². The second-order valence-corrected chi connectivity index (χ2v) is 21.0. The molecule has 5 aliphatic carbocycles. The van der Waals surface area contributed by atoms with E-state index >= 15 is 0 Å². The summed E-state index contributed by atoms with van der Waals surface area (Å²) in [5.74, 6) is 3.70. The minimum Gasteiger partial charge on any atom is -0.356 e. The van der Waals surface area contributed by atoms with Crippen LogP contribution in [-0.2, 0) is 23.2 Å². The lowest BCUT2D eigenvalue weighted by Crippen LogP contribution is -2.66. The molecule has 1 aliphatic heterocycles. The van der Waals surface area contributed by atoms with Crippen LogP contribution < -0.4 is 5.32 Å². The van der Waals surface area contributed by atoms with Crippen molar-refractivity contribution in [1.29, 1.82) is 0 Å². The summed E-state index contributed by atoms with van der Waals surface area (Å²) in [6, 6.07) is 19.4. The topological polar surface area (TPSA) is 58.1 Å². The van der Waals surface area contributed by atoms with E-state index in [9.17, 15) is 4.79 Å². The van der Waals surface area contributed by atoms with E-state index in [2.05, 4.69) is 119 Å². The first-order valence-corrected chi connectivity index (χ1v) is 22.3. The lowest BCUT2D eigenvalue weighted by molar-refractivity contribution is -0.170. The van der Waals surface area contributed by atoms with Crippen molar-refractivity contribution >= 4 is 16.9 Å². The smallest absolute Gasteiger partial charge is 0.226 e. The number of aromatic nitrogens is 2. The molecule has 2 aromatic carbocycles. The molecular formula is C50H68N4O. The average Bonchev–Trinajstić information content (AvgIpc) is 3.17. The van der Waals surface area contributed by atoms with Crippen LogP contribution in [0.15, 0.2) is 66.2 Å². The van der Waals surface area contributed by atoms with Crippen molar-refractivity contribution in [3.8, 4) is 0 Å². The number of piperidine rings is 1. The predicted octanol–water partition coefficient (Wildman–Crippen LogP) is 10.7. The van der Waals surface area contributed by atoms with Gasteiger partial charge in [0.1, 0.15) is 0 Å². The van der Waals surface area contributed by atoms with Gasteiger partial charge in [-0.15, -0.1) is 0 Å². The van der Waals surface area contributed by atoms with Crippen molar-refractivity contribution in [2.24, 2.45) is 57.2 Å². The number of likely N-dealkylation sites (tertiary alicyclic amines) is 1. The van der Waals surface area contributed by atoms with E-state index in [1.165, 1.54) is 49.1 Å². The number of hydrogen-bond donors (Lipinski definition) is 1. The molecule has 1 aromatic heterocycles. The van der Waals surface area contributed by atoms with Crippen LogP contribution in [0.5, 0.6) is 0 Å². The molecule has 0 spiro atoms. The van der Waals surface area contributed by atoms with Crippen molar-refractivity contribution in [3.05, 3.63) is 83.2 Å². The first-order chi connectivity index (χ1) is 26.3. The lowest BCUT2D eigenvalue weighted by atomic mass is 9.33. The maximum Gasteiger partial charge on any atom is 0.226 e. The van der Waals surface area contributed by atoms with E-state index in [0.717, 1.165) is 75.7 Å². The highest BCUT2D eigenvalue weighted by Crippen LogP contribution is 2.75. The number of fused-ring (bicyclic) bond motifs is 9. The van der Waals surface area contributed by atoms with Gasteiger partial charge in [-0.2, -0.15) is 0 Å². The summed E-state index contributed by atoms with van der Waals surface area (Å²) in [5, 5.41) is 3.63. The van der Waals surface area contributed by atoms with Gasteiger partial charge in [0.05, 0.1) is 27.8 Å². The Balaban J connectivity index is 0.951. The Labute approximate surface area is 331 Å². The van der Waals surface area contributed by atoms with Crippen LogP contribution in [0.3, 0.4) is 0 Å². The number of benzene rings is 2. The molecule has 1 amide bonds. The number of nitrogens with zero attached hydrogens (tertiary/aromatic N) is 3. The van der Waals surface area contributed by atoms with Gasteiger partial charge < -0.3 is 5.32 Å². The van der Waals surface area contributed by atoms with Crippen LogP contribution in [0, 0.1) is 57.2 Å². The Kier molecular flexibility index (Phi) is 9.23. The fraction of sp³-hybridized carbons (Fsp3) is 0.660. The zero-order valence-corrected chi connectivity index (χ0v) is 35.1. The Morgan fingerprint density at radius 2 is 1.53 bits per heavy atom. The fourth-order valence-electron chi connectivity index (χ4n) is 14.7. The van der Waals surface area contributed by atoms with Crippen molar-refractivity contribution in [1.82, 2.24) is 20.2 Å². The molecule has 1 saturated heterocycles. The number of para-hydroxylation sites is 2. The number of amides is 1. The third-order valence-electron chi connectivity index (χ3n) is 18.2. The number of hydrogen-bond acceptors (Lipinski definition) is 4. The molecule has 3 aromatic rings. The largest absolute Gasteiger partial charge is 0.356 e. The van der Waals surface area contributed by atoms with Crippen LogP contribution >= 0.6 is 0 Å². The minimum absolute atomic E-state index is 0.0299. The van der Waals surface area contributed by atoms with E-state index in [-0.39, 0.29) is 27.1 Å². The molecule has 294 valence electrons. The number of nitrogens with one attached hydrogen (secondary N) is 1. The van der Waals surface area contributed by atoms with Gasteiger partial charge in [0.2, 0.25) is 5.91 Å². The van der Waals surface area contributed by atoms with Crippen LogP contribution in [0.1, 0.15) is 130 Å². The number of rotatable bonds is 6. The first kappa shape index (κ1) is 37.5. The Hall–Kier alpha value is -3.05. The Morgan fingerprint density at radius 1 is 0.818 bits per heavy atom. The fourth-order valence-corrected chi connectivity index (χ4v) is 14.7. The summed E-state index contributed by atoms with van der Waals surface area (Å²) >= 11 is 0. The van der Waals surface area contributed by atoms with Crippen LogP contribution in [0.25, 0.3) is 11.0 Å². The SMILES string of the molecule is C[C@H]1[C@H](C)CC[C@]2(C(=O)NCCC3CCN(Cc4ccccc4)CC3)CC[C@]3(C)C(=CC[C@@H]4[C@@]5(C)Cc6nc7ccccc7nc6C(C)(C)[C@@H]5CC[C@]43C)[C@H]12. The summed E-state index contributed by atoms with van der Waals surface area (Å²) in [7, 11) is 0. The number of carbonyl (C=O) groups excluding carboxylic acids is 1. The van der Waals surface area contributed by atoms with E-state index in [1.807, 2.05) is 0 Å². The number of allylic oxidation sites excluding steroid dienone is 2. The molecule has 55 heavy (non-hydrogen) atoms. The van der Waals surface area contributed by atoms with E-state index in [0.29, 0.717) is 41.4 Å². The highest BCUT2D eigenvalue weighted by Gasteiger charge is 2.69. The van der Waals surface area contributed by atoms with Crippen molar-refractivity contribution in [2.45, 2.75) is 131 Å². The van der Waals surface area contributed by atoms with E-state index < -0.39 is 0 Å². The molecule has 6 aliphatic rings. The highest BCUT2D eigenvalue weighted by atomic mass is 16.2. The Morgan fingerprint density at radius 3 is 2.27 bits per heavy atom. The summed E-state index contributed by atoms with van der Waals surface area (Å²) < 4.78 is 0. The molecule has 5 heteroatoms. The summed E-state index contributed by atoms with van der Waals surface area (Å²) in [4.78, 5) is 28.1. The highest BCUT2D eigenvalue weighted by molar-refractivity contribution is 5.84. The number of carbonyl (C=O) groups is 1. The van der Waals surface area contributed by atoms with E-state index in [1.54, 1.807) is 5.57 Å². The van der Waals surface area contributed by atoms with Gasteiger partial charge in [-0.25, -0.2) is 9.97 Å². The monoisotopic (exact) mass is 741 g/mol. The molecule has 2 heterocycles. The summed E-state index contributed by atoms with van der Waals surface area (Å²) in [6.45, 7) is 22.1. The molecule has 0 bridgehead atoms. The maximum atomic E-state index is 14.8. The lowest BCUT2D eigenvalue weighted by Gasteiger charge is -2.71.